The molecule has 1 N–H and O–H groups in total. The van der Waals surface area contributed by atoms with Crippen LogP contribution in [-0.4, -0.2) is 26.7 Å². The lowest BCUT2D eigenvalue weighted by Crippen LogP contribution is -2.17. The zero-order valence-electron chi connectivity index (χ0n) is 13.1. The smallest absolute Gasteiger partial charge is 0.387 e. The number of hydrogen-bond acceptors (Lipinski definition) is 4. The van der Waals surface area contributed by atoms with E-state index in [1.807, 2.05) is 0 Å². The molecule has 0 spiro atoms. The third-order valence-corrected chi connectivity index (χ3v) is 5.48. The molecule has 0 fully saturated rings. The van der Waals surface area contributed by atoms with E-state index < -0.39 is 28.1 Å². The number of rotatable bonds is 7. The number of hydrogen-bond donors (Lipinski definition) is 1. The Morgan fingerprint density at radius 2 is 1.77 bits per heavy atom. The van der Waals surface area contributed by atoms with Crippen LogP contribution in [0.1, 0.15) is 6.42 Å². The summed E-state index contributed by atoms with van der Waals surface area (Å²) in [7, 11) is -3.64. The molecule has 5 nitrogen and oxygen atoms in total. The van der Waals surface area contributed by atoms with Crippen molar-refractivity contribution >= 4 is 44.6 Å². The SMILES string of the molecule is O=C(CCS(=O)(=O)c1ccc(Cl)cc1)Nc1ccc(OC(F)F)c(Cl)c1. The fraction of sp³-hybridized carbons (Fsp3) is 0.188. The van der Waals surface area contributed by atoms with Gasteiger partial charge >= 0.3 is 6.61 Å². The minimum Gasteiger partial charge on any atom is -0.433 e. The lowest BCUT2D eigenvalue weighted by atomic mass is 10.3. The molecule has 0 atom stereocenters. The number of carbonyl (C=O) groups is 1. The first kappa shape index (κ1) is 20.4. The first-order valence-electron chi connectivity index (χ1n) is 7.20. The lowest BCUT2D eigenvalue weighted by Gasteiger charge is -2.10. The quantitative estimate of drug-likeness (QED) is 0.716. The topological polar surface area (TPSA) is 72.5 Å². The van der Waals surface area contributed by atoms with Gasteiger partial charge in [-0.05, 0) is 42.5 Å². The van der Waals surface area contributed by atoms with Crippen molar-refractivity contribution in [1.82, 2.24) is 0 Å². The van der Waals surface area contributed by atoms with E-state index in [-0.39, 0.29) is 27.8 Å². The summed E-state index contributed by atoms with van der Waals surface area (Å²) in [5, 5.41) is 2.73. The van der Waals surface area contributed by atoms with Crippen molar-refractivity contribution in [3.05, 3.63) is 52.5 Å². The van der Waals surface area contributed by atoms with Gasteiger partial charge in [-0.15, -0.1) is 0 Å². The minimum atomic E-state index is -3.64. The maximum Gasteiger partial charge on any atom is 0.387 e. The molecule has 0 radical (unpaired) electrons. The van der Waals surface area contributed by atoms with Crippen molar-refractivity contribution in [2.75, 3.05) is 11.1 Å². The number of carbonyl (C=O) groups excluding carboxylic acids is 1. The molecule has 0 heterocycles. The van der Waals surface area contributed by atoms with Gasteiger partial charge in [0.2, 0.25) is 5.91 Å². The zero-order chi connectivity index (χ0) is 19.3. The van der Waals surface area contributed by atoms with Crippen LogP contribution in [0.15, 0.2) is 47.4 Å². The van der Waals surface area contributed by atoms with Crippen molar-refractivity contribution in [3.63, 3.8) is 0 Å². The normalized spacial score (nSPS) is 11.4. The van der Waals surface area contributed by atoms with Crippen molar-refractivity contribution in [3.8, 4) is 5.75 Å². The summed E-state index contributed by atoms with van der Waals surface area (Å²) < 4.78 is 52.9. The molecule has 0 aromatic heterocycles. The van der Waals surface area contributed by atoms with Crippen molar-refractivity contribution in [2.24, 2.45) is 0 Å². The molecule has 1 amide bonds. The van der Waals surface area contributed by atoms with Crippen LogP contribution in [0.4, 0.5) is 14.5 Å². The first-order valence-corrected chi connectivity index (χ1v) is 9.61. The van der Waals surface area contributed by atoms with Gasteiger partial charge < -0.3 is 10.1 Å². The number of halogens is 4. The van der Waals surface area contributed by atoms with E-state index in [1.165, 1.54) is 42.5 Å². The van der Waals surface area contributed by atoms with Crippen molar-refractivity contribution in [2.45, 2.75) is 17.9 Å². The summed E-state index contributed by atoms with van der Waals surface area (Å²) in [5.74, 6) is -1.20. The number of amides is 1. The summed E-state index contributed by atoms with van der Waals surface area (Å²) in [6, 6.07) is 9.32. The highest BCUT2D eigenvalue weighted by molar-refractivity contribution is 7.91. The highest BCUT2D eigenvalue weighted by Gasteiger charge is 2.17. The molecule has 26 heavy (non-hydrogen) atoms. The predicted octanol–water partition coefficient (Wildman–Crippen LogP) is 4.40. The van der Waals surface area contributed by atoms with Gasteiger partial charge in [0.1, 0.15) is 5.75 Å². The highest BCUT2D eigenvalue weighted by Crippen LogP contribution is 2.29. The van der Waals surface area contributed by atoms with Gasteiger partial charge in [0.25, 0.3) is 0 Å². The Morgan fingerprint density at radius 1 is 1.12 bits per heavy atom. The Labute approximate surface area is 158 Å². The molecule has 0 unspecified atom stereocenters. The fourth-order valence-corrected chi connectivity index (χ4v) is 3.57. The summed E-state index contributed by atoms with van der Waals surface area (Å²) >= 11 is 11.5. The second-order valence-electron chi connectivity index (χ2n) is 5.09. The van der Waals surface area contributed by atoms with Gasteiger partial charge in [0, 0.05) is 17.1 Å². The Bertz CT molecular complexity index is 890. The third kappa shape index (κ3) is 5.82. The van der Waals surface area contributed by atoms with E-state index in [1.54, 1.807) is 0 Å². The number of benzene rings is 2. The lowest BCUT2D eigenvalue weighted by molar-refractivity contribution is -0.115. The molecule has 10 heteroatoms. The van der Waals surface area contributed by atoms with Crippen LogP contribution in [0.25, 0.3) is 0 Å². The Kier molecular flexibility index (Phi) is 6.80. The molecule has 0 aliphatic rings. The molecule has 0 aliphatic heterocycles. The first-order chi connectivity index (χ1) is 12.2. The summed E-state index contributed by atoms with van der Waals surface area (Å²) in [4.78, 5) is 12.0. The molecule has 0 saturated heterocycles. The Morgan fingerprint density at radius 3 is 2.35 bits per heavy atom. The summed E-state index contributed by atoms with van der Waals surface area (Å²) in [6.45, 7) is -3.02. The molecule has 0 aliphatic carbocycles. The average molecular weight is 424 g/mol. The van der Waals surface area contributed by atoms with E-state index in [2.05, 4.69) is 10.1 Å². The summed E-state index contributed by atoms with van der Waals surface area (Å²) in [5.41, 5.74) is 0.227. The molecule has 0 bridgehead atoms. The highest BCUT2D eigenvalue weighted by atomic mass is 35.5. The van der Waals surface area contributed by atoms with Crippen LogP contribution in [0, 0.1) is 0 Å². The average Bonchev–Trinajstić information content (AvgIpc) is 2.56. The minimum absolute atomic E-state index is 0.0613. The van der Waals surface area contributed by atoms with Crippen LogP contribution in [0.2, 0.25) is 10.0 Å². The van der Waals surface area contributed by atoms with Gasteiger partial charge in [-0.2, -0.15) is 8.78 Å². The third-order valence-electron chi connectivity index (χ3n) is 3.20. The van der Waals surface area contributed by atoms with Crippen LogP contribution in [0.3, 0.4) is 0 Å². The van der Waals surface area contributed by atoms with E-state index in [0.717, 1.165) is 0 Å². The van der Waals surface area contributed by atoms with Crippen LogP contribution in [-0.2, 0) is 14.6 Å². The van der Waals surface area contributed by atoms with Gasteiger partial charge in [-0.3, -0.25) is 4.79 Å². The second kappa shape index (κ2) is 8.66. The molecular weight excluding hydrogens is 411 g/mol. The zero-order valence-corrected chi connectivity index (χ0v) is 15.4. The van der Waals surface area contributed by atoms with Gasteiger partial charge in [-0.1, -0.05) is 23.2 Å². The standard InChI is InChI=1S/C16H13Cl2F2NO4S/c17-10-1-4-12(5-2-10)26(23,24)8-7-15(22)21-11-3-6-14(13(18)9-11)25-16(19)20/h1-6,9,16H,7-8H2,(H,21,22). The van der Waals surface area contributed by atoms with E-state index in [9.17, 15) is 22.0 Å². The fourth-order valence-electron chi connectivity index (χ4n) is 1.98. The number of anilines is 1. The number of alkyl halides is 2. The number of nitrogens with one attached hydrogen (secondary N) is 1. The maximum atomic E-state index is 12.2. The molecule has 2 aromatic rings. The van der Waals surface area contributed by atoms with Crippen LogP contribution in [0.5, 0.6) is 5.75 Å². The van der Waals surface area contributed by atoms with Gasteiger partial charge in [0.05, 0.1) is 15.7 Å². The van der Waals surface area contributed by atoms with Crippen molar-refractivity contribution < 1.29 is 26.7 Å². The molecular formula is C16H13Cl2F2NO4S. The molecule has 2 rings (SSSR count). The van der Waals surface area contributed by atoms with E-state index in [0.29, 0.717) is 5.02 Å². The second-order valence-corrected chi connectivity index (χ2v) is 8.05. The molecule has 140 valence electrons. The molecule has 2 aromatic carbocycles. The number of sulfone groups is 1. The van der Waals surface area contributed by atoms with Crippen LogP contribution >= 0.6 is 23.2 Å². The van der Waals surface area contributed by atoms with E-state index in [4.69, 9.17) is 23.2 Å². The van der Waals surface area contributed by atoms with E-state index >= 15 is 0 Å². The largest absolute Gasteiger partial charge is 0.433 e. The monoisotopic (exact) mass is 423 g/mol. The maximum absolute atomic E-state index is 12.2. The van der Waals surface area contributed by atoms with Crippen LogP contribution < -0.4 is 10.1 Å². The predicted molar refractivity (Wildman–Crippen MR) is 94.8 cm³/mol. The van der Waals surface area contributed by atoms with Crippen molar-refractivity contribution in [1.29, 1.82) is 0 Å². The Hall–Kier alpha value is -1.90. The van der Waals surface area contributed by atoms with Gasteiger partial charge in [-0.25, -0.2) is 8.42 Å². The Balaban J connectivity index is 1.96. The number of ether oxygens (including phenoxy) is 1. The van der Waals surface area contributed by atoms with Gasteiger partial charge in [0.15, 0.2) is 9.84 Å². The summed E-state index contributed by atoms with van der Waals surface area (Å²) in [6.07, 6.45) is -0.294. The molecule has 0 saturated carbocycles.